The third kappa shape index (κ3) is 4.18. The first-order valence-corrected chi connectivity index (χ1v) is 7.43. The number of nitrogens with one attached hydrogen (secondary N) is 1. The number of aryl methyl sites for hydroxylation is 1. The van der Waals surface area contributed by atoms with Crippen LogP contribution >= 0.6 is 0 Å². The van der Waals surface area contributed by atoms with E-state index >= 15 is 0 Å². The van der Waals surface area contributed by atoms with Crippen molar-refractivity contribution in [1.29, 1.82) is 0 Å². The molecule has 0 spiro atoms. The van der Waals surface area contributed by atoms with Gasteiger partial charge in [-0.3, -0.25) is 4.79 Å². The number of imidazole rings is 1. The number of amides is 1. The van der Waals surface area contributed by atoms with Crippen molar-refractivity contribution in [2.24, 2.45) is 5.92 Å². The van der Waals surface area contributed by atoms with Gasteiger partial charge in [0.15, 0.2) is 0 Å². The SMILES string of the molecule is CC[C@H](C)C(=O)NCc1cccc(Cn2ccnc2C)c1. The van der Waals surface area contributed by atoms with E-state index in [1.807, 2.05) is 45.3 Å². The van der Waals surface area contributed by atoms with Crippen molar-refractivity contribution in [3.05, 3.63) is 53.6 Å². The first kappa shape index (κ1) is 15.3. The number of hydrogen-bond donors (Lipinski definition) is 1. The summed E-state index contributed by atoms with van der Waals surface area (Å²) in [4.78, 5) is 16.0. The highest BCUT2D eigenvalue weighted by molar-refractivity contribution is 5.78. The highest BCUT2D eigenvalue weighted by Gasteiger charge is 2.09. The Morgan fingerprint density at radius 1 is 1.38 bits per heavy atom. The Kier molecular flexibility index (Phi) is 5.14. The quantitative estimate of drug-likeness (QED) is 0.887. The standard InChI is InChI=1S/C17H23N3O/c1-4-13(2)17(21)19-11-15-6-5-7-16(10-15)12-20-9-8-18-14(20)3/h5-10,13H,4,11-12H2,1-3H3,(H,19,21)/t13-/m0/s1. The molecule has 112 valence electrons. The van der Waals surface area contributed by atoms with Gasteiger partial charge in [0.1, 0.15) is 5.82 Å². The van der Waals surface area contributed by atoms with E-state index in [1.54, 1.807) is 0 Å². The molecular formula is C17H23N3O. The maximum atomic E-state index is 11.8. The Bertz CT molecular complexity index is 604. The molecular weight excluding hydrogens is 262 g/mol. The van der Waals surface area contributed by atoms with Crippen LogP contribution in [0.15, 0.2) is 36.7 Å². The lowest BCUT2D eigenvalue weighted by molar-refractivity contribution is -0.124. The first-order chi connectivity index (χ1) is 10.1. The van der Waals surface area contributed by atoms with Crippen LogP contribution in [0.2, 0.25) is 0 Å². The van der Waals surface area contributed by atoms with E-state index in [0.29, 0.717) is 6.54 Å². The second-order valence-electron chi connectivity index (χ2n) is 5.45. The van der Waals surface area contributed by atoms with Crippen LogP contribution in [-0.2, 0) is 17.9 Å². The van der Waals surface area contributed by atoms with Gasteiger partial charge in [-0.25, -0.2) is 4.98 Å². The number of benzene rings is 1. The second kappa shape index (κ2) is 7.07. The summed E-state index contributed by atoms with van der Waals surface area (Å²) in [6.45, 7) is 7.36. The van der Waals surface area contributed by atoms with Crippen LogP contribution in [-0.4, -0.2) is 15.5 Å². The number of aromatic nitrogens is 2. The van der Waals surface area contributed by atoms with Crippen molar-refractivity contribution in [3.63, 3.8) is 0 Å². The molecule has 1 atom stereocenters. The van der Waals surface area contributed by atoms with Gasteiger partial charge in [-0.1, -0.05) is 38.1 Å². The van der Waals surface area contributed by atoms with Gasteiger partial charge in [0, 0.05) is 31.4 Å². The van der Waals surface area contributed by atoms with E-state index in [1.165, 1.54) is 5.56 Å². The van der Waals surface area contributed by atoms with Gasteiger partial charge in [-0.15, -0.1) is 0 Å². The third-order valence-corrected chi connectivity index (χ3v) is 3.79. The molecule has 0 saturated carbocycles. The molecule has 2 aromatic rings. The van der Waals surface area contributed by atoms with Crippen molar-refractivity contribution in [1.82, 2.24) is 14.9 Å². The minimum atomic E-state index is 0.0711. The van der Waals surface area contributed by atoms with Gasteiger partial charge in [-0.2, -0.15) is 0 Å². The summed E-state index contributed by atoms with van der Waals surface area (Å²) >= 11 is 0. The van der Waals surface area contributed by atoms with Crippen LogP contribution in [0.4, 0.5) is 0 Å². The van der Waals surface area contributed by atoms with Gasteiger partial charge in [0.2, 0.25) is 5.91 Å². The van der Waals surface area contributed by atoms with Crippen molar-refractivity contribution in [2.45, 2.75) is 40.3 Å². The zero-order valence-corrected chi connectivity index (χ0v) is 13.0. The minimum absolute atomic E-state index is 0.0711. The topological polar surface area (TPSA) is 46.9 Å². The average Bonchev–Trinajstić information content (AvgIpc) is 2.89. The molecule has 1 aromatic heterocycles. The summed E-state index contributed by atoms with van der Waals surface area (Å²) in [5.41, 5.74) is 2.34. The summed E-state index contributed by atoms with van der Waals surface area (Å²) in [5.74, 6) is 1.20. The Hall–Kier alpha value is -2.10. The molecule has 1 heterocycles. The lowest BCUT2D eigenvalue weighted by atomic mass is 10.1. The summed E-state index contributed by atoms with van der Waals surface area (Å²) in [6, 6.07) is 8.31. The molecule has 0 unspecified atom stereocenters. The number of hydrogen-bond acceptors (Lipinski definition) is 2. The summed E-state index contributed by atoms with van der Waals surface area (Å²) in [5, 5.41) is 2.99. The Morgan fingerprint density at radius 2 is 2.14 bits per heavy atom. The lowest BCUT2D eigenvalue weighted by Crippen LogP contribution is -2.28. The van der Waals surface area contributed by atoms with Crippen LogP contribution in [0.5, 0.6) is 0 Å². The number of carbonyl (C=O) groups excluding carboxylic acids is 1. The molecule has 1 amide bonds. The molecule has 4 heteroatoms. The van der Waals surface area contributed by atoms with E-state index in [2.05, 4.69) is 27.0 Å². The maximum absolute atomic E-state index is 11.8. The zero-order chi connectivity index (χ0) is 15.2. The minimum Gasteiger partial charge on any atom is -0.352 e. The first-order valence-electron chi connectivity index (χ1n) is 7.43. The van der Waals surface area contributed by atoms with E-state index in [9.17, 15) is 4.79 Å². The van der Waals surface area contributed by atoms with Crippen LogP contribution in [0.1, 0.15) is 37.2 Å². The molecule has 1 N–H and O–H groups in total. The van der Waals surface area contributed by atoms with Gasteiger partial charge in [0.05, 0.1) is 0 Å². The molecule has 4 nitrogen and oxygen atoms in total. The van der Waals surface area contributed by atoms with Crippen LogP contribution in [0, 0.1) is 12.8 Å². The van der Waals surface area contributed by atoms with Gasteiger partial charge in [-0.05, 0) is 24.5 Å². The van der Waals surface area contributed by atoms with Crippen LogP contribution < -0.4 is 5.32 Å². The predicted molar refractivity (Wildman–Crippen MR) is 83.8 cm³/mol. The normalized spacial score (nSPS) is 12.1. The smallest absolute Gasteiger partial charge is 0.223 e. The van der Waals surface area contributed by atoms with Crippen molar-refractivity contribution in [2.75, 3.05) is 0 Å². The zero-order valence-electron chi connectivity index (χ0n) is 13.0. The van der Waals surface area contributed by atoms with Crippen LogP contribution in [0.25, 0.3) is 0 Å². The highest BCUT2D eigenvalue weighted by atomic mass is 16.1. The molecule has 21 heavy (non-hydrogen) atoms. The summed E-state index contributed by atoms with van der Waals surface area (Å²) < 4.78 is 2.11. The molecule has 0 fully saturated rings. The molecule has 0 bridgehead atoms. The molecule has 0 radical (unpaired) electrons. The molecule has 0 saturated heterocycles. The van der Waals surface area contributed by atoms with E-state index in [0.717, 1.165) is 24.4 Å². The van der Waals surface area contributed by atoms with Gasteiger partial charge in [0.25, 0.3) is 0 Å². The molecule has 0 aliphatic heterocycles. The lowest BCUT2D eigenvalue weighted by Gasteiger charge is -2.11. The molecule has 2 rings (SSSR count). The van der Waals surface area contributed by atoms with Crippen LogP contribution in [0.3, 0.4) is 0 Å². The highest BCUT2D eigenvalue weighted by Crippen LogP contribution is 2.09. The average molecular weight is 285 g/mol. The van der Waals surface area contributed by atoms with E-state index in [4.69, 9.17) is 0 Å². The maximum Gasteiger partial charge on any atom is 0.223 e. The molecule has 0 aliphatic rings. The fourth-order valence-corrected chi connectivity index (χ4v) is 2.15. The summed E-state index contributed by atoms with van der Waals surface area (Å²) in [6.07, 6.45) is 4.66. The van der Waals surface area contributed by atoms with Crippen molar-refractivity contribution >= 4 is 5.91 Å². The fraction of sp³-hybridized carbons (Fsp3) is 0.412. The van der Waals surface area contributed by atoms with Gasteiger partial charge < -0.3 is 9.88 Å². The Balaban J connectivity index is 1.98. The van der Waals surface area contributed by atoms with E-state index < -0.39 is 0 Å². The van der Waals surface area contributed by atoms with Gasteiger partial charge >= 0.3 is 0 Å². The summed E-state index contributed by atoms with van der Waals surface area (Å²) in [7, 11) is 0. The number of rotatable bonds is 6. The largest absolute Gasteiger partial charge is 0.352 e. The predicted octanol–water partition coefficient (Wildman–Crippen LogP) is 2.90. The number of nitrogens with zero attached hydrogens (tertiary/aromatic N) is 2. The molecule has 0 aliphatic carbocycles. The second-order valence-corrected chi connectivity index (χ2v) is 5.45. The Labute approximate surface area is 126 Å². The van der Waals surface area contributed by atoms with Crippen molar-refractivity contribution < 1.29 is 4.79 Å². The Morgan fingerprint density at radius 3 is 2.81 bits per heavy atom. The number of carbonyl (C=O) groups is 1. The van der Waals surface area contributed by atoms with Crippen molar-refractivity contribution in [3.8, 4) is 0 Å². The van der Waals surface area contributed by atoms with E-state index in [-0.39, 0.29) is 11.8 Å². The molecule has 1 aromatic carbocycles. The monoisotopic (exact) mass is 285 g/mol. The third-order valence-electron chi connectivity index (χ3n) is 3.79. The fourth-order valence-electron chi connectivity index (χ4n) is 2.15.